The molecule has 1 aliphatic rings. The molecule has 0 spiro atoms. The molecule has 1 heterocycles. The Hall–Kier alpha value is -3.88. The molecule has 0 bridgehead atoms. The van der Waals surface area contributed by atoms with Gasteiger partial charge in [-0.05, 0) is 49.6 Å². The monoisotopic (exact) mass is 410 g/mol. The molecule has 156 valence electrons. The molecule has 1 fully saturated rings. The average molecular weight is 410 g/mol. The number of urea groups is 1. The van der Waals surface area contributed by atoms with Crippen LogP contribution in [0.25, 0.3) is 0 Å². The minimum absolute atomic E-state index is 0.306. The number of benzene rings is 2. The molecule has 9 heteroatoms. The van der Waals surface area contributed by atoms with Crippen LogP contribution in [0.5, 0.6) is 5.75 Å². The number of rotatable bonds is 8. The van der Waals surface area contributed by atoms with E-state index < -0.39 is 35.9 Å². The minimum atomic E-state index is -1.12. The molecule has 4 N–H and O–H groups in total. The second kappa shape index (κ2) is 8.64. The van der Waals surface area contributed by atoms with Gasteiger partial charge in [0.05, 0.1) is 0 Å². The molecular formula is C21H22N4O5. The van der Waals surface area contributed by atoms with Gasteiger partial charge in [0.15, 0.2) is 6.61 Å². The summed E-state index contributed by atoms with van der Waals surface area (Å²) in [5.74, 6) is -1.46. The molecule has 0 radical (unpaired) electrons. The number of carbonyl (C=O) groups excluding carboxylic acids is 4. The highest BCUT2D eigenvalue weighted by Gasteiger charge is 2.48. The highest BCUT2D eigenvalue weighted by molar-refractivity contribution is 6.07. The Morgan fingerprint density at radius 2 is 1.77 bits per heavy atom. The summed E-state index contributed by atoms with van der Waals surface area (Å²) < 4.78 is 5.31. The van der Waals surface area contributed by atoms with Crippen molar-refractivity contribution >= 4 is 23.8 Å². The van der Waals surface area contributed by atoms with E-state index in [0.717, 1.165) is 5.56 Å². The van der Waals surface area contributed by atoms with Crippen LogP contribution in [-0.2, 0) is 16.0 Å². The van der Waals surface area contributed by atoms with Crippen molar-refractivity contribution in [2.24, 2.45) is 5.73 Å². The van der Waals surface area contributed by atoms with E-state index in [4.69, 9.17) is 10.5 Å². The van der Waals surface area contributed by atoms with Gasteiger partial charge in [-0.1, -0.05) is 30.3 Å². The van der Waals surface area contributed by atoms with Crippen LogP contribution in [0.1, 0.15) is 29.3 Å². The lowest BCUT2D eigenvalue weighted by Gasteiger charge is -2.21. The molecule has 0 aromatic heterocycles. The van der Waals surface area contributed by atoms with E-state index in [1.807, 2.05) is 30.3 Å². The number of aryl methyl sites for hydroxylation is 1. The maximum Gasteiger partial charge on any atom is 0.344 e. The summed E-state index contributed by atoms with van der Waals surface area (Å²) in [5, 5.41) is 3.31. The summed E-state index contributed by atoms with van der Waals surface area (Å²) in [6.45, 7) is 1.20. The number of primary amides is 1. The molecule has 3 rings (SSSR count). The van der Waals surface area contributed by atoms with Crippen LogP contribution in [0.3, 0.4) is 0 Å². The zero-order valence-corrected chi connectivity index (χ0v) is 16.4. The number of ether oxygens (including phenoxy) is 1. The smallest absolute Gasteiger partial charge is 0.344 e. The number of amides is 5. The van der Waals surface area contributed by atoms with Crippen molar-refractivity contribution < 1.29 is 23.9 Å². The third kappa shape index (κ3) is 4.75. The summed E-state index contributed by atoms with van der Waals surface area (Å²) in [5.41, 5.74) is 7.65. The van der Waals surface area contributed by atoms with Crippen molar-refractivity contribution in [2.45, 2.75) is 25.3 Å². The van der Waals surface area contributed by atoms with Crippen molar-refractivity contribution in [1.82, 2.24) is 15.8 Å². The van der Waals surface area contributed by atoms with Gasteiger partial charge in [-0.25, -0.2) is 4.79 Å². The van der Waals surface area contributed by atoms with Gasteiger partial charge < -0.3 is 15.8 Å². The Morgan fingerprint density at radius 3 is 2.40 bits per heavy atom. The van der Waals surface area contributed by atoms with Crippen molar-refractivity contribution in [3.8, 4) is 5.75 Å². The Morgan fingerprint density at radius 1 is 1.10 bits per heavy atom. The van der Waals surface area contributed by atoms with Gasteiger partial charge in [-0.15, -0.1) is 0 Å². The van der Waals surface area contributed by atoms with E-state index in [-0.39, 0.29) is 0 Å². The summed E-state index contributed by atoms with van der Waals surface area (Å²) in [6, 6.07) is 14.8. The van der Waals surface area contributed by atoms with Crippen LogP contribution in [0, 0.1) is 0 Å². The van der Waals surface area contributed by atoms with E-state index in [0.29, 0.717) is 29.2 Å². The fraction of sp³-hybridized carbons (Fsp3) is 0.238. The number of nitrogens with two attached hydrogens (primary N) is 1. The van der Waals surface area contributed by atoms with Crippen LogP contribution >= 0.6 is 0 Å². The van der Waals surface area contributed by atoms with E-state index in [1.165, 1.54) is 24.3 Å². The first-order chi connectivity index (χ1) is 14.3. The molecule has 30 heavy (non-hydrogen) atoms. The minimum Gasteiger partial charge on any atom is -0.484 e. The summed E-state index contributed by atoms with van der Waals surface area (Å²) in [7, 11) is 0. The second-order valence-electron chi connectivity index (χ2n) is 7.10. The normalized spacial score (nSPS) is 18.1. The number of imide groups is 1. The third-order valence-corrected chi connectivity index (χ3v) is 4.76. The summed E-state index contributed by atoms with van der Waals surface area (Å²) in [6.07, 6.45) is 0.978. The molecule has 2 aromatic carbocycles. The number of carbonyl (C=O) groups is 4. The molecular weight excluding hydrogens is 388 g/mol. The van der Waals surface area contributed by atoms with Gasteiger partial charge in [0.1, 0.15) is 11.3 Å². The fourth-order valence-electron chi connectivity index (χ4n) is 3.02. The first kappa shape index (κ1) is 20.8. The first-order valence-electron chi connectivity index (χ1n) is 9.31. The average Bonchev–Trinajstić information content (AvgIpc) is 2.95. The molecule has 9 nitrogen and oxygen atoms in total. The lowest BCUT2D eigenvalue weighted by molar-refractivity contribution is -0.139. The van der Waals surface area contributed by atoms with Gasteiger partial charge in [0.25, 0.3) is 11.8 Å². The molecule has 2 aromatic rings. The van der Waals surface area contributed by atoms with Crippen LogP contribution in [0.4, 0.5) is 4.79 Å². The topological polar surface area (TPSA) is 131 Å². The molecule has 0 saturated carbocycles. The van der Waals surface area contributed by atoms with E-state index in [1.54, 1.807) is 6.92 Å². The number of hydrazine groups is 1. The quantitative estimate of drug-likeness (QED) is 0.562. The van der Waals surface area contributed by atoms with Gasteiger partial charge >= 0.3 is 6.03 Å². The lowest BCUT2D eigenvalue weighted by Crippen LogP contribution is -2.50. The molecule has 1 aliphatic heterocycles. The van der Waals surface area contributed by atoms with Crippen molar-refractivity contribution in [2.75, 3.05) is 6.61 Å². The predicted octanol–water partition coefficient (Wildman–Crippen LogP) is 1.14. The van der Waals surface area contributed by atoms with Gasteiger partial charge in [0, 0.05) is 5.56 Å². The van der Waals surface area contributed by atoms with Crippen molar-refractivity contribution in [3.05, 3.63) is 65.7 Å². The Kier molecular flexibility index (Phi) is 6.01. The maximum atomic E-state index is 12.7. The molecule has 1 atom stereocenters. The fourth-order valence-corrected chi connectivity index (χ4v) is 3.02. The number of nitrogens with one attached hydrogen (secondary N) is 2. The van der Waals surface area contributed by atoms with Gasteiger partial charge in [0.2, 0.25) is 5.91 Å². The maximum absolute atomic E-state index is 12.7. The SMILES string of the molecule is C[C@]1(CCc2ccccc2)NC(=O)N(NC(=O)COc2ccc(C(N)=O)cc2)C1=O. The van der Waals surface area contributed by atoms with E-state index >= 15 is 0 Å². The lowest BCUT2D eigenvalue weighted by atomic mass is 9.93. The zero-order chi connectivity index (χ0) is 21.7. The van der Waals surface area contributed by atoms with Crippen molar-refractivity contribution in [1.29, 1.82) is 0 Å². The Labute approximate surface area is 173 Å². The van der Waals surface area contributed by atoms with Crippen LogP contribution < -0.4 is 21.2 Å². The van der Waals surface area contributed by atoms with Crippen LogP contribution in [0.2, 0.25) is 0 Å². The number of nitrogens with zero attached hydrogens (tertiary/aromatic N) is 1. The zero-order valence-electron chi connectivity index (χ0n) is 16.4. The third-order valence-electron chi connectivity index (χ3n) is 4.76. The standard InChI is InChI=1S/C21H22N4O5/c1-21(12-11-14-5-3-2-4-6-14)19(28)25(20(29)23-21)24-17(26)13-30-16-9-7-15(8-10-16)18(22)27/h2-10H,11-13H2,1H3,(H2,22,27)(H,23,29)(H,24,26)/t21-/m1/s1. The number of hydrogen-bond donors (Lipinski definition) is 3. The van der Waals surface area contributed by atoms with Gasteiger partial charge in [-0.2, -0.15) is 5.01 Å². The number of hydrogen-bond acceptors (Lipinski definition) is 5. The second-order valence-corrected chi connectivity index (χ2v) is 7.10. The summed E-state index contributed by atoms with van der Waals surface area (Å²) >= 11 is 0. The molecule has 5 amide bonds. The highest BCUT2D eigenvalue weighted by atomic mass is 16.5. The van der Waals surface area contributed by atoms with Gasteiger partial charge in [-0.3, -0.25) is 19.8 Å². The molecule has 0 aliphatic carbocycles. The molecule has 0 unspecified atom stereocenters. The highest BCUT2D eigenvalue weighted by Crippen LogP contribution is 2.22. The Bertz CT molecular complexity index is 961. The van der Waals surface area contributed by atoms with E-state index in [2.05, 4.69) is 10.7 Å². The predicted molar refractivity (Wildman–Crippen MR) is 107 cm³/mol. The van der Waals surface area contributed by atoms with Crippen molar-refractivity contribution in [3.63, 3.8) is 0 Å². The first-order valence-corrected chi connectivity index (χ1v) is 9.31. The largest absolute Gasteiger partial charge is 0.484 e. The summed E-state index contributed by atoms with van der Waals surface area (Å²) in [4.78, 5) is 48.1. The Balaban J connectivity index is 1.54. The van der Waals surface area contributed by atoms with Crippen LogP contribution in [0.15, 0.2) is 54.6 Å². The van der Waals surface area contributed by atoms with E-state index in [9.17, 15) is 19.2 Å². The van der Waals surface area contributed by atoms with Crippen LogP contribution in [-0.4, -0.2) is 40.9 Å². The molecule has 1 saturated heterocycles.